The summed E-state index contributed by atoms with van der Waals surface area (Å²) in [4.78, 5) is 0. The lowest BCUT2D eigenvalue weighted by atomic mass is 9.98. The molecule has 1 heterocycles. The third-order valence-electron chi connectivity index (χ3n) is 6.07. The monoisotopic (exact) mass is 473 g/mol. The fourth-order valence-corrected chi connectivity index (χ4v) is 5.08. The van der Waals surface area contributed by atoms with Crippen LogP contribution in [0.25, 0.3) is 49.7 Å². The van der Waals surface area contributed by atoms with Crippen LogP contribution < -0.4 is 0 Å². The summed E-state index contributed by atoms with van der Waals surface area (Å²) in [5, 5.41) is 2.54. The summed E-state index contributed by atoms with van der Waals surface area (Å²) < 4.78 is 3.46. The van der Waals surface area contributed by atoms with Crippen LogP contribution in [0, 0.1) is 0 Å². The third-order valence-corrected chi connectivity index (χ3v) is 6.76. The number of aromatic nitrogens is 1. The molecule has 0 spiro atoms. The first-order valence-electron chi connectivity index (χ1n) is 10.7. The van der Waals surface area contributed by atoms with Crippen molar-refractivity contribution in [2.75, 3.05) is 0 Å². The number of hydrogen-bond donors (Lipinski definition) is 0. The molecule has 0 saturated carbocycles. The average Bonchev–Trinajstić information content (AvgIpc) is 3.19. The van der Waals surface area contributed by atoms with Gasteiger partial charge in [-0.25, -0.2) is 0 Å². The predicted molar refractivity (Wildman–Crippen MR) is 139 cm³/mol. The summed E-state index contributed by atoms with van der Waals surface area (Å²) in [5.74, 6) is 0. The van der Waals surface area contributed by atoms with Crippen molar-refractivity contribution in [2.24, 2.45) is 0 Å². The van der Waals surface area contributed by atoms with Crippen molar-refractivity contribution in [1.82, 2.24) is 4.57 Å². The third kappa shape index (κ3) is 3.16. The highest BCUT2D eigenvalue weighted by Crippen LogP contribution is 2.36. The van der Waals surface area contributed by atoms with Crippen LogP contribution in [-0.4, -0.2) is 4.57 Å². The standard InChI is InChI=1S/C30H20BrN/c31-28-15-6-4-13-25(28)23-10-8-9-21(19-23)22-17-18-30-27(20-22)26-14-5-7-16-29(26)32(30)24-11-2-1-3-12-24/h1-20H. The van der Waals surface area contributed by atoms with Gasteiger partial charge in [0.05, 0.1) is 11.0 Å². The van der Waals surface area contributed by atoms with Gasteiger partial charge in [-0.3, -0.25) is 0 Å². The number of benzene rings is 5. The summed E-state index contributed by atoms with van der Waals surface area (Å²) >= 11 is 3.70. The van der Waals surface area contributed by atoms with E-state index < -0.39 is 0 Å². The second-order valence-electron chi connectivity index (χ2n) is 7.98. The second kappa shape index (κ2) is 7.81. The predicted octanol–water partition coefficient (Wildman–Crippen LogP) is 8.88. The van der Waals surface area contributed by atoms with Gasteiger partial charge in [-0.2, -0.15) is 0 Å². The lowest BCUT2D eigenvalue weighted by molar-refractivity contribution is 1.18. The van der Waals surface area contributed by atoms with Crippen LogP contribution in [0.3, 0.4) is 0 Å². The lowest BCUT2D eigenvalue weighted by Crippen LogP contribution is -1.92. The van der Waals surface area contributed by atoms with Crippen LogP contribution in [0.5, 0.6) is 0 Å². The topological polar surface area (TPSA) is 4.93 Å². The van der Waals surface area contributed by atoms with E-state index in [1.54, 1.807) is 0 Å². The molecule has 1 aromatic heterocycles. The molecule has 0 bridgehead atoms. The summed E-state index contributed by atoms with van der Waals surface area (Å²) in [6.45, 7) is 0. The Bertz CT molecular complexity index is 1580. The lowest BCUT2D eigenvalue weighted by Gasteiger charge is -2.09. The van der Waals surface area contributed by atoms with E-state index in [1.165, 1.54) is 49.7 Å². The summed E-state index contributed by atoms with van der Waals surface area (Å²) in [6, 6.07) is 43.2. The van der Waals surface area contributed by atoms with Gasteiger partial charge in [0, 0.05) is 20.9 Å². The fraction of sp³-hybridized carbons (Fsp3) is 0. The van der Waals surface area contributed by atoms with Crippen LogP contribution in [0.15, 0.2) is 126 Å². The van der Waals surface area contributed by atoms with Gasteiger partial charge < -0.3 is 4.57 Å². The molecule has 2 heteroatoms. The zero-order chi connectivity index (χ0) is 21.5. The highest BCUT2D eigenvalue weighted by Gasteiger charge is 2.13. The van der Waals surface area contributed by atoms with E-state index in [2.05, 4.69) is 136 Å². The van der Waals surface area contributed by atoms with Gasteiger partial charge in [0.25, 0.3) is 0 Å². The highest BCUT2D eigenvalue weighted by atomic mass is 79.9. The largest absolute Gasteiger partial charge is 0.309 e. The van der Waals surface area contributed by atoms with E-state index in [-0.39, 0.29) is 0 Å². The molecule has 32 heavy (non-hydrogen) atoms. The van der Waals surface area contributed by atoms with Crippen molar-refractivity contribution in [3.05, 3.63) is 126 Å². The van der Waals surface area contributed by atoms with Crippen molar-refractivity contribution < 1.29 is 0 Å². The number of nitrogens with zero attached hydrogens (tertiary/aromatic N) is 1. The molecule has 5 aromatic carbocycles. The van der Waals surface area contributed by atoms with Crippen molar-refractivity contribution in [2.45, 2.75) is 0 Å². The van der Waals surface area contributed by atoms with Gasteiger partial charge in [0.15, 0.2) is 0 Å². The number of para-hydroxylation sites is 2. The van der Waals surface area contributed by atoms with E-state index in [1.807, 2.05) is 6.07 Å². The fourth-order valence-electron chi connectivity index (χ4n) is 4.57. The van der Waals surface area contributed by atoms with Gasteiger partial charge in [-0.05, 0) is 64.7 Å². The maximum atomic E-state index is 3.70. The molecule has 6 aromatic rings. The minimum atomic E-state index is 1.11. The molecule has 0 amide bonds. The van der Waals surface area contributed by atoms with Crippen molar-refractivity contribution in [3.63, 3.8) is 0 Å². The summed E-state index contributed by atoms with van der Waals surface area (Å²) in [7, 11) is 0. The number of fused-ring (bicyclic) bond motifs is 3. The van der Waals surface area contributed by atoms with Crippen LogP contribution in [-0.2, 0) is 0 Å². The zero-order valence-electron chi connectivity index (χ0n) is 17.4. The Morgan fingerprint density at radius 2 is 1.16 bits per heavy atom. The van der Waals surface area contributed by atoms with Crippen molar-refractivity contribution >= 4 is 37.7 Å². The van der Waals surface area contributed by atoms with Gasteiger partial charge in [-0.1, -0.05) is 94.8 Å². The Hall–Kier alpha value is -3.62. The minimum Gasteiger partial charge on any atom is -0.309 e. The quantitative estimate of drug-likeness (QED) is 0.241. The smallest absolute Gasteiger partial charge is 0.0541 e. The Balaban J connectivity index is 1.55. The minimum absolute atomic E-state index is 1.11. The normalized spacial score (nSPS) is 11.3. The highest BCUT2D eigenvalue weighted by molar-refractivity contribution is 9.10. The first kappa shape index (κ1) is 19.1. The van der Waals surface area contributed by atoms with Gasteiger partial charge in [-0.15, -0.1) is 0 Å². The second-order valence-corrected chi connectivity index (χ2v) is 8.84. The number of rotatable bonds is 3. The van der Waals surface area contributed by atoms with Crippen molar-refractivity contribution in [1.29, 1.82) is 0 Å². The maximum Gasteiger partial charge on any atom is 0.0541 e. The molecule has 0 atom stereocenters. The number of halogens is 1. The number of hydrogen-bond acceptors (Lipinski definition) is 0. The molecule has 6 rings (SSSR count). The van der Waals surface area contributed by atoms with E-state index in [0.29, 0.717) is 0 Å². The molecule has 0 fully saturated rings. The maximum absolute atomic E-state index is 3.70. The van der Waals surface area contributed by atoms with E-state index in [9.17, 15) is 0 Å². The first-order chi connectivity index (χ1) is 15.8. The SMILES string of the molecule is Brc1ccccc1-c1cccc(-c2ccc3c(c2)c2ccccc2n3-c2ccccc2)c1. The molecule has 0 radical (unpaired) electrons. The molecule has 152 valence electrons. The van der Waals surface area contributed by atoms with Crippen LogP contribution >= 0.6 is 15.9 Å². The first-order valence-corrected chi connectivity index (χ1v) is 11.5. The van der Waals surface area contributed by atoms with Gasteiger partial charge in [0.2, 0.25) is 0 Å². The Morgan fingerprint density at radius 1 is 0.469 bits per heavy atom. The molecular weight excluding hydrogens is 454 g/mol. The van der Waals surface area contributed by atoms with Crippen LogP contribution in [0.2, 0.25) is 0 Å². The Kier molecular flexibility index (Phi) is 4.66. The molecule has 0 aliphatic carbocycles. The van der Waals surface area contributed by atoms with Gasteiger partial charge >= 0.3 is 0 Å². The summed E-state index contributed by atoms with van der Waals surface area (Å²) in [6.07, 6.45) is 0. The van der Waals surface area contributed by atoms with Crippen molar-refractivity contribution in [3.8, 4) is 27.9 Å². The van der Waals surface area contributed by atoms with E-state index in [4.69, 9.17) is 0 Å². The Labute approximate surface area is 195 Å². The molecule has 0 aliphatic rings. The van der Waals surface area contributed by atoms with E-state index >= 15 is 0 Å². The Morgan fingerprint density at radius 3 is 2.03 bits per heavy atom. The van der Waals surface area contributed by atoms with Gasteiger partial charge in [0.1, 0.15) is 0 Å². The molecule has 0 aliphatic heterocycles. The molecule has 0 N–H and O–H groups in total. The van der Waals surface area contributed by atoms with Crippen LogP contribution in [0.1, 0.15) is 0 Å². The molecule has 0 unspecified atom stereocenters. The average molecular weight is 474 g/mol. The molecular formula is C30H20BrN. The summed E-state index contributed by atoms with van der Waals surface area (Å²) in [5.41, 5.74) is 8.50. The zero-order valence-corrected chi connectivity index (χ0v) is 19.0. The van der Waals surface area contributed by atoms with E-state index in [0.717, 1.165) is 4.47 Å². The van der Waals surface area contributed by atoms with Crippen LogP contribution in [0.4, 0.5) is 0 Å². The molecule has 1 nitrogen and oxygen atoms in total. The molecule has 0 saturated heterocycles.